The molecule has 0 aliphatic carbocycles. The van der Waals surface area contributed by atoms with E-state index in [1.54, 1.807) is 0 Å². The molecule has 0 amide bonds. The third kappa shape index (κ3) is 4.48. The van der Waals surface area contributed by atoms with Crippen LogP contribution in [-0.4, -0.2) is 25.7 Å². The number of nitrogens with one attached hydrogen (secondary N) is 1. The van der Waals surface area contributed by atoms with E-state index in [0.717, 1.165) is 32.4 Å². The van der Waals surface area contributed by atoms with Crippen LogP contribution in [0.4, 0.5) is 0 Å². The lowest BCUT2D eigenvalue weighted by atomic mass is 9.99. The summed E-state index contributed by atoms with van der Waals surface area (Å²) in [6.45, 7) is 4.48. The van der Waals surface area contributed by atoms with Crippen LogP contribution in [0.1, 0.15) is 26.2 Å². The van der Waals surface area contributed by atoms with Crippen molar-refractivity contribution in [2.24, 2.45) is 5.92 Å². The molecule has 4 heteroatoms. The molecule has 0 saturated carbocycles. The second kappa shape index (κ2) is 7.15. The molecule has 1 fully saturated rings. The number of esters is 1. The second-order valence-electron chi connectivity index (χ2n) is 3.19. The summed E-state index contributed by atoms with van der Waals surface area (Å²) >= 11 is 0. The van der Waals surface area contributed by atoms with E-state index in [0.29, 0.717) is 6.61 Å². The van der Waals surface area contributed by atoms with Gasteiger partial charge in [-0.3, -0.25) is 4.79 Å². The molecule has 0 unspecified atom stereocenters. The number of hydrogen-bond donors (Lipinski definition) is 1. The van der Waals surface area contributed by atoms with Crippen molar-refractivity contribution in [3.63, 3.8) is 0 Å². The molecular weight excluding hydrogens is 190 g/mol. The summed E-state index contributed by atoms with van der Waals surface area (Å²) in [7, 11) is 0. The number of carbonyl (C=O) groups is 1. The van der Waals surface area contributed by atoms with Gasteiger partial charge in [-0.05, 0) is 32.4 Å². The molecule has 1 N–H and O–H groups in total. The molecule has 0 aromatic carbocycles. The van der Waals surface area contributed by atoms with Gasteiger partial charge >= 0.3 is 5.97 Å². The summed E-state index contributed by atoms with van der Waals surface area (Å²) in [5, 5.41) is 3.22. The van der Waals surface area contributed by atoms with Crippen molar-refractivity contribution in [2.75, 3.05) is 19.7 Å². The Morgan fingerprint density at radius 1 is 1.46 bits per heavy atom. The topological polar surface area (TPSA) is 38.3 Å². The molecule has 1 aliphatic heterocycles. The Balaban J connectivity index is 0.00000144. The summed E-state index contributed by atoms with van der Waals surface area (Å²) in [4.78, 5) is 11.3. The first-order valence-electron chi connectivity index (χ1n) is 4.72. The van der Waals surface area contributed by atoms with Crippen LogP contribution in [0.5, 0.6) is 0 Å². The number of piperidine rings is 1. The van der Waals surface area contributed by atoms with E-state index in [4.69, 9.17) is 4.74 Å². The van der Waals surface area contributed by atoms with E-state index < -0.39 is 0 Å². The van der Waals surface area contributed by atoms with Crippen molar-refractivity contribution in [3.05, 3.63) is 0 Å². The predicted octanol–water partition coefficient (Wildman–Crippen LogP) is 1.36. The molecule has 1 heterocycles. The fourth-order valence-corrected chi connectivity index (χ4v) is 1.38. The van der Waals surface area contributed by atoms with Crippen LogP contribution in [0, 0.1) is 5.92 Å². The van der Waals surface area contributed by atoms with Crippen LogP contribution in [0.2, 0.25) is 0 Å². The van der Waals surface area contributed by atoms with E-state index in [2.05, 4.69) is 5.32 Å². The van der Waals surface area contributed by atoms with Gasteiger partial charge in [0.15, 0.2) is 0 Å². The first-order chi connectivity index (χ1) is 5.84. The van der Waals surface area contributed by atoms with Gasteiger partial charge in [-0.15, -0.1) is 12.4 Å². The molecule has 13 heavy (non-hydrogen) atoms. The van der Waals surface area contributed by atoms with Crippen LogP contribution in [0.15, 0.2) is 0 Å². The Kier molecular flexibility index (Phi) is 7.00. The largest absolute Gasteiger partial charge is 0.465 e. The number of hydrogen-bond acceptors (Lipinski definition) is 3. The van der Waals surface area contributed by atoms with Gasteiger partial charge in [0.2, 0.25) is 0 Å². The first kappa shape index (κ1) is 12.7. The summed E-state index contributed by atoms with van der Waals surface area (Å²) in [6.07, 6.45) is 2.78. The fraction of sp³-hybridized carbons (Fsp3) is 0.889. The molecule has 3 nitrogen and oxygen atoms in total. The van der Waals surface area contributed by atoms with Crippen molar-refractivity contribution in [2.45, 2.75) is 26.2 Å². The smallest absolute Gasteiger partial charge is 0.309 e. The van der Waals surface area contributed by atoms with Gasteiger partial charge in [-0.1, -0.05) is 6.92 Å². The SMILES string of the molecule is CCCOC(=O)C1CCNCC1.Cl. The molecule has 0 spiro atoms. The Labute approximate surface area is 85.6 Å². The molecule has 78 valence electrons. The Morgan fingerprint density at radius 2 is 2.08 bits per heavy atom. The van der Waals surface area contributed by atoms with Gasteiger partial charge in [0, 0.05) is 0 Å². The van der Waals surface area contributed by atoms with Crippen LogP contribution in [-0.2, 0) is 9.53 Å². The van der Waals surface area contributed by atoms with E-state index >= 15 is 0 Å². The predicted molar refractivity (Wildman–Crippen MR) is 54.1 cm³/mol. The van der Waals surface area contributed by atoms with Gasteiger partial charge in [0.1, 0.15) is 0 Å². The minimum atomic E-state index is -0.00153. The average molecular weight is 208 g/mol. The minimum absolute atomic E-state index is 0. The van der Waals surface area contributed by atoms with Crippen LogP contribution < -0.4 is 5.32 Å². The highest BCUT2D eigenvalue weighted by Gasteiger charge is 2.21. The highest BCUT2D eigenvalue weighted by atomic mass is 35.5. The normalized spacial score (nSPS) is 17.6. The Morgan fingerprint density at radius 3 is 2.62 bits per heavy atom. The Hall–Kier alpha value is -0.280. The highest BCUT2D eigenvalue weighted by Crippen LogP contribution is 2.13. The van der Waals surface area contributed by atoms with Crippen molar-refractivity contribution in [3.8, 4) is 0 Å². The maximum Gasteiger partial charge on any atom is 0.309 e. The summed E-state index contributed by atoms with van der Waals surface area (Å²) < 4.78 is 5.06. The zero-order valence-corrected chi connectivity index (χ0v) is 8.86. The molecule has 0 aromatic rings. The summed E-state index contributed by atoms with van der Waals surface area (Å²) in [5.41, 5.74) is 0. The maximum absolute atomic E-state index is 11.3. The monoisotopic (exact) mass is 207 g/mol. The van der Waals surface area contributed by atoms with Crippen LogP contribution in [0.25, 0.3) is 0 Å². The number of ether oxygens (including phenoxy) is 1. The highest BCUT2D eigenvalue weighted by molar-refractivity contribution is 5.85. The maximum atomic E-state index is 11.3. The molecule has 0 atom stereocenters. The summed E-state index contributed by atoms with van der Waals surface area (Å²) in [5.74, 6) is 0.149. The molecule has 1 rings (SSSR count). The van der Waals surface area contributed by atoms with Crippen molar-refractivity contribution >= 4 is 18.4 Å². The minimum Gasteiger partial charge on any atom is -0.465 e. The van der Waals surface area contributed by atoms with Crippen molar-refractivity contribution in [1.29, 1.82) is 0 Å². The molecule has 1 saturated heterocycles. The lowest BCUT2D eigenvalue weighted by Crippen LogP contribution is -2.32. The molecule has 1 aliphatic rings. The third-order valence-electron chi connectivity index (χ3n) is 2.12. The van der Waals surface area contributed by atoms with E-state index in [9.17, 15) is 4.79 Å². The van der Waals surface area contributed by atoms with Crippen molar-refractivity contribution < 1.29 is 9.53 Å². The van der Waals surface area contributed by atoms with Gasteiger partial charge in [-0.2, -0.15) is 0 Å². The lowest BCUT2D eigenvalue weighted by Gasteiger charge is -2.20. The number of carbonyl (C=O) groups excluding carboxylic acids is 1. The molecular formula is C9H18ClNO2. The molecule has 0 aromatic heterocycles. The zero-order chi connectivity index (χ0) is 8.81. The second-order valence-corrected chi connectivity index (χ2v) is 3.19. The molecule has 0 radical (unpaired) electrons. The molecule has 0 bridgehead atoms. The quantitative estimate of drug-likeness (QED) is 0.711. The van der Waals surface area contributed by atoms with Gasteiger partial charge in [0.25, 0.3) is 0 Å². The Bertz CT molecular complexity index is 147. The fourth-order valence-electron chi connectivity index (χ4n) is 1.38. The van der Waals surface area contributed by atoms with Gasteiger partial charge < -0.3 is 10.1 Å². The first-order valence-corrected chi connectivity index (χ1v) is 4.72. The van der Waals surface area contributed by atoms with E-state index in [1.165, 1.54) is 0 Å². The summed E-state index contributed by atoms with van der Waals surface area (Å²) in [6, 6.07) is 0. The van der Waals surface area contributed by atoms with E-state index in [-0.39, 0.29) is 24.3 Å². The van der Waals surface area contributed by atoms with E-state index in [1.807, 2.05) is 6.92 Å². The standard InChI is InChI=1S/C9H17NO2.ClH/c1-2-7-12-9(11)8-3-5-10-6-4-8;/h8,10H,2-7H2,1H3;1H. The lowest BCUT2D eigenvalue weighted by molar-refractivity contribution is -0.149. The number of rotatable bonds is 3. The van der Waals surface area contributed by atoms with Gasteiger partial charge in [-0.25, -0.2) is 0 Å². The van der Waals surface area contributed by atoms with Crippen LogP contribution in [0.3, 0.4) is 0 Å². The average Bonchev–Trinajstić information content (AvgIpc) is 2.15. The third-order valence-corrected chi connectivity index (χ3v) is 2.12. The van der Waals surface area contributed by atoms with Crippen molar-refractivity contribution in [1.82, 2.24) is 5.32 Å². The van der Waals surface area contributed by atoms with Crippen LogP contribution >= 0.6 is 12.4 Å². The van der Waals surface area contributed by atoms with Gasteiger partial charge in [0.05, 0.1) is 12.5 Å². The number of halogens is 1. The zero-order valence-electron chi connectivity index (χ0n) is 8.04.